The standard InChI is InChI=1S/C23H21N2O4Se2/c1-28-22(26)14-24-16-8-3-5-10-18(16)30-20(24)12-7-13-21-25(15-23(27)29-2)17-9-4-6-11-19(17)31-21/h3-13H,14-15H2,1-2H3/q+1. The van der Waals surface area contributed by atoms with Gasteiger partial charge in [0.05, 0.1) is 0 Å². The Morgan fingerprint density at radius 3 is 2.58 bits per heavy atom. The third kappa shape index (κ3) is 4.68. The minimum absolute atomic E-state index is 0.106. The van der Waals surface area contributed by atoms with Crippen LogP contribution in [0.4, 0.5) is 5.69 Å². The number of nitrogens with zero attached hydrogens (tertiary/aromatic N) is 2. The van der Waals surface area contributed by atoms with E-state index < -0.39 is 0 Å². The Balaban J connectivity index is 1.65. The van der Waals surface area contributed by atoms with Gasteiger partial charge >= 0.3 is 193 Å². The molecule has 0 amide bonds. The number of ether oxygens (including phenoxy) is 2. The van der Waals surface area contributed by atoms with Crippen LogP contribution in [0.15, 0.2) is 65.3 Å². The molecule has 0 unspecified atom stereocenters. The molecule has 2 aromatic carbocycles. The number of carbonyl (C=O) groups excluding carboxylic acids is 2. The predicted molar refractivity (Wildman–Crippen MR) is 121 cm³/mol. The fraction of sp³-hybridized carbons (Fsp3) is 0.174. The van der Waals surface area contributed by atoms with Crippen molar-refractivity contribution in [2.45, 2.75) is 6.54 Å². The second kappa shape index (κ2) is 9.67. The number of benzene rings is 2. The van der Waals surface area contributed by atoms with Crippen molar-refractivity contribution in [2.24, 2.45) is 0 Å². The molecule has 1 aromatic heterocycles. The van der Waals surface area contributed by atoms with Crippen molar-refractivity contribution in [1.82, 2.24) is 0 Å². The van der Waals surface area contributed by atoms with Gasteiger partial charge < -0.3 is 0 Å². The van der Waals surface area contributed by atoms with E-state index >= 15 is 0 Å². The van der Waals surface area contributed by atoms with Crippen LogP contribution >= 0.6 is 0 Å². The van der Waals surface area contributed by atoms with Gasteiger partial charge in [-0.2, -0.15) is 0 Å². The molecule has 2 heterocycles. The first kappa shape index (κ1) is 21.6. The summed E-state index contributed by atoms with van der Waals surface area (Å²) in [6, 6.07) is 16.3. The molecule has 0 saturated carbocycles. The summed E-state index contributed by atoms with van der Waals surface area (Å²) >= 11 is 0.213. The Morgan fingerprint density at radius 1 is 1.03 bits per heavy atom. The van der Waals surface area contributed by atoms with Crippen molar-refractivity contribution in [1.29, 1.82) is 0 Å². The van der Waals surface area contributed by atoms with Gasteiger partial charge in [0.1, 0.15) is 0 Å². The molecule has 6 nitrogen and oxygen atoms in total. The van der Waals surface area contributed by atoms with Gasteiger partial charge in [-0.1, -0.05) is 0 Å². The number of fused-ring (bicyclic) bond motifs is 2. The molecule has 0 N–H and O–H groups in total. The fourth-order valence-electron chi connectivity index (χ4n) is 3.28. The average Bonchev–Trinajstić information content (AvgIpc) is 3.31. The normalized spacial score (nSPS) is 14.4. The molecule has 3 aromatic rings. The Kier molecular flexibility index (Phi) is 6.73. The van der Waals surface area contributed by atoms with E-state index in [1.807, 2.05) is 51.9 Å². The van der Waals surface area contributed by atoms with E-state index in [-0.39, 0.29) is 54.5 Å². The molecule has 0 saturated heterocycles. The summed E-state index contributed by atoms with van der Waals surface area (Å²) in [6.45, 7) is 0.380. The first-order valence-electron chi connectivity index (χ1n) is 9.58. The number of hydrogen-bond donors (Lipinski definition) is 0. The summed E-state index contributed by atoms with van der Waals surface area (Å²) in [5.74, 6) is -0.536. The number of hydrogen-bond acceptors (Lipinski definition) is 5. The number of esters is 2. The molecule has 0 bridgehead atoms. The summed E-state index contributed by atoms with van der Waals surface area (Å²) < 4.78 is 16.5. The first-order valence-corrected chi connectivity index (χ1v) is 13.0. The topological polar surface area (TPSA) is 59.7 Å². The third-order valence-corrected chi connectivity index (χ3v) is 9.53. The van der Waals surface area contributed by atoms with Gasteiger partial charge in [-0.05, 0) is 0 Å². The van der Waals surface area contributed by atoms with Crippen LogP contribution in [-0.2, 0) is 25.6 Å². The van der Waals surface area contributed by atoms with Gasteiger partial charge in [0.25, 0.3) is 0 Å². The zero-order chi connectivity index (χ0) is 21.8. The maximum absolute atomic E-state index is 12.0. The zero-order valence-corrected chi connectivity index (χ0v) is 20.5. The summed E-state index contributed by atoms with van der Waals surface area (Å²) in [4.78, 5) is 25.9. The molecule has 8 heteroatoms. The van der Waals surface area contributed by atoms with E-state index in [9.17, 15) is 9.59 Å². The van der Waals surface area contributed by atoms with Crippen LogP contribution < -0.4 is 13.9 Å². The summed E-state index contributed by atoms with van der Waals surface area (Å²) in [5, 5.41) is 0. The molecule has 4 rings (SSSR count). The summed E-state index contributed by atoms with van der Waals surface area (Å²) in [5.41, 5.74) is 2.12. The Hall–Kier alpha value is -2.63. The SMILES string of the molecule is COC(=O)CN1C(=CC=Cc2[se]c3ccccc3[n+]2CC(=O)OC)[Se]c2ccccc21. The monoisotopic (exact) mass is 549 g/mol. The second-order valence-electron chi connectivity index (χ2n) is 6.67. The van der Waals surface area contributed by atoms with Gasteiger partial charge in [0.2, 0.25) is 0 Å². The zero-order valence-electron chi connectivity index (χ0n) is 17.1. The molecule has 158 valence electrons. The molecule has 1 aliphatic rings. The van der Waals surface area contributed by atoms with Crippen molar-refractivity contribution in [3.05, 3.63) is 69.8 Å². The van der Waals surface area contributed by atoms with Crippen molar-refractivity contribution in [3.63, 3.8) is 0 Å². The number of carbonyl (C=O) groups is 2. The van der Waals surface area contributed by atoms with Gasteiger partial charge in [-0.25, -0.2) is 0 Å². The first-order chi connectivity index (χ1) is 15.1. The van der Waals surface area contributed by atoms with E-state index in [2.05, 4.69) is 24.3 Å². The fourth-order valence-corrected chi connectivity index (χ4v) is 7.79. The molecular formula is C23H21N2O4Se2+. The van der Waals surface area contributed by atoms with E-state index in [4.69, 9.17) is 9.47 Å². The third-order valence-electron chi connectivity index (χ3n) is 4.78. The van der Waals surface area contributed by atoms with E-state index in [1.165, 1.54) is 22.9 Å². The average molecular weight is 547 g/mol. The molecule has 0 spiro atoms. The van der Waals surface area contributed by atoms with E-state index in [1.54, 1.807) is 0 Å². The maximum atomic E-state index is 12.0. The van der Waals surface area contributed by atoms with Crippen LogP contribution in [0.1, 0.15) is 4.57 Å². The quantitative estimate of drug-likeness (QED) is 0.264. The van der Waals surface area contributed by atoms with Crippen molar-refractivity contribution < 1.29 is 23.6 Å². The van der Waals surface area contributed by atoms with Crippen LogP contribution in [0.3, 0.4) is 0 Å². The molecule has 0 aliphatic carbocycles. The Bertz CT molecular complexity index is 1200. The molecule has 31 heavy (non-hydrogen) atoms. The summed E-state index contributed by atoms with van der Waals surface area (Å²) in [6.07, 6.45) is 6.14. The van der Waals surface area contributed by atoms with Gasteiger partial charge in [0.15, 0.2) is 0 Å². The van der Waals surface area contributed by atoms with Crippen molar-refractivity contribution in [3.8, 4) is 0 Å². The van der Waals surface area contributed by atoms with Gasteiger partial charge in [0, 0.05) is 0 Å². The molecule has 0 atom stereocenters. The van der Waals surface area contributed by atoms with Crippen molar-refractivity contribution >= 4 is 67.4 Å². The Morgan fingerprint density at radius 2 is 1.77 bits per heavy atom. The number of anilines is 1. The number of rotatable bonds is 6. The number of methoxy groups -OCH3 is 2. The van der Waals surface area contributed by atoms with Crippen LogP contribution in [0.25, 0.3) is 15.9 Å². The Labute approximate surface area is 192 Å². The predicted octanol–water partition coefficient (Wildman–Crippen LogP) is 1.23. The summed E-state index contributed by atoms with van der Waals surface area (Å²) in [7, 11) is 2.82. The minimum atomic E-state index is -0.268. The van der Waals surface area contributed by atoms with Crippen LogP contribution in [0.2, 0.25) is 0 Å². The van der Waals surface area contributed by atoms with Crippen LogP contribution in [0, 0.1) is 0 Å². The number of para-hydroxylation sites is 2. The molecule has 1 aliphatic heterocycles. The number of aromatic nitrogens is 1. The molecule has 0 radical (unpaired) electrons. The van der Waals surface area contributed by atoms with Crippen LogP contribution in [0.5, 0.6) is 0 Å². The van der Waals surface area contributed by atoms with Gasteiger partial charge in [-0.3, -0.25) is 0 Å². The number of allylic oxidation sites excluding steroid dienone is 2. The second-order valence-corrected chi connectivity index (χ2v) is 11.1. The van der Waals surface area contributed by atoms with E-state index in [0.29, 0.717) is 0 Å². The van der Waals surface area contributed by atoms with E-state index in [0.717, 1.165) is 20.4 Å². The van der Waals surface area contributed by atoms with Crippen molar-refractivity contribution in [2.75, 3.05) is 25.7 Å². The van der Waals surface area contributed by atoms with Gasteiger partial charge in [-0.15, -0.1) is 0 Å². The molecular weight excluding hydrogens is 526 g/mol. The molecule has 0 fully saturated rings. The van der Waals surface area contributed by atoms with Crippen LogP contribution in [-0.4, -0.2) is 62.2 Å².